The average molecular weight is 283 g/mol. The number of hydrogen-bond donors (Lipinski definition) is 1. The van der Waals surface area contributed by atoms with Crippen molar-refractivity contribution >= 4 is 22.2 Å². The maximum absolute atomic E-state index is 4.17. The Morgan fingerprint density at radius 3 is 3.00 bits per heavy atom. The predicted molar refractivity (Wildman–Crippen MR) is 83.0 cm³/mol. The van der Waals surface area contributed by atoms with Gasteiger partial charge in [-0.3, -0.25) is 4.98 Å². The quantitative estimate of drug-likeness (QED) is 0.778. The lowest BCUT2D eigenvalue weighted by molar-refractivity contribution is 0.687. The number of nitrogens with one attached hydrogen (secondary N) is 1. The molecule has 0 atom stereocenters. The van der Waals surface area contributed by atoms with Crippen LogP contribution >= 0.6 is 11.3 Å². The summed E-state index contributed by atoms with van der Waals surface area (Å²) in [4.78, 5) is 5.46. The Kier molecular flexibility index (Phi) is 3.05. The fraction of sp³-hybridized carbons (Fsp3) is 0.312. The van der Waals surface area contributed by atoms with Crippen LogP contribution in [0.25, 0.3) is 10.9 Å². The summed E-state index contributed by atoms with van der Waals surface area (Å²) >= 11 is 1.72. The third-order valence-electron chi connectivity index (χ3n) is 3.84. The lowest BCUT2D eigenvalue weighted by Crippen LogP contribution is -2.14. The van der Waals surface area contributed by atoms with Gasteiger partial charge >= 0.3 is 0 Å². The zero-order chi connectivity index (χ0) is 13.4. The van der Waals surface area contributed by atoms with Gasteiger partial charge in [-0.15, -0.1) is 11.3 Å². The summed E-state index contributed by atoms with van der Waals surface area (Å²) in [7, 11) is 0. The van der Waals surface area contributed by atoms with E-state index in [1.54, 1.807) is 11.3 Å². The Balaban J connectivity index is 1.68. The van der Waals surface area contributed by atoms with Crippen molar-refractivity contribution in [2.75, 3.05) is 0 Å². The van der Waals surface area contributed by atoms with E-state index in [2.05, 4.69) is 45.3 Å². The standard InChI is InChI=1S/C16H17N3S/c1-2-4-16-15(3-1)12(7-18-13-5-6-13)9-19(16)10-14-8-17-11-20-14/h1-4,8-9,11,13,18H,5-7,10H2. The molecule has 3 aromatic rings. The second kappa shape index (κ2) is 5.04. The van der Waals surface area contributed by atoms with Crippen LogP contribution in [0.5, 0.6) is 0 Å². The monoisotopic (exact) mass is 283 g/mol. The lowest BCUT2D eigenvalue weighted by Gasteiger charge is -2.02. The van der Waals surface area contributed by atoms with Crippen molar-refractivity contribution in [1.29, 1.82) is 0 Å². The Bertz CT molecular complexity index is 710. The molecule has 1 saturated carbocycles. The molecule has 0 bridgehead atoms. The highest BCUT2D eigenvalue weighted by Crippen LogP contribution is 2.25. The molecule has 3 nitrogen and oxygen atoms in total. The zero-order valence-corrected chi connectivity index (χ0v) is 12.1. The number of benzene rings is 1. The Morgan fingerprint density at radius 1 is 1.30 bits per heavy atom. The lowest BCUT2D eigenvalue weighted by atomic mass is 10.2. The van der Waals surface area contributed by atoms with Gasteiger partial charge < -0.3 is 9.88 Å². The molecule has 102 valence electrons. The third kappa shape index (κ3) is 2.37. The van der Waals surface area contributed by atoms with Crippen LogP contribution in [0, 0.1) is 0 Å². The summed E-state index contributed by atoms with van der Waals surface area (Å²) in [6, 6.07) is 9.42. The summed E-state index contributed by atoms with van der Waals surface area (Å²) < 4.78 is 2.34. The van der Waals surface area contributed by atoms with Gasteiger partial charge in [0.1, 0.15) is 0 Å². The van der Waals surface area contributed by atoms with Crippen LogP contribution in [0.1, 0.15) is 23.3 Å². The average Bonchev–Trinajstić information content (AvgIpc) is 3.05. The van der Waals surface area contributed by atoms with Crippen LogP contribution in [0.3, 0.4) is 0 Å². The largest absolute Gasteiger partial charge is 0.342 e. The minimum atomic E-state index is 0.749. The highest BCUT2D eigenvalue weighted by molar-refractivity contribution is 7.09. The first-order chi connectivity index (χ1) is 9.90. The molecule has 0 unspecified atom stereocenters. The van der Waals surface area contributed by atoms with Crippen LogP contribution < -0.4 is 5.32 Å². The molecule has 20 heavy (non-hydrogen) atoms. The summed E-state index contributed by atoms with van der Waals surface area (Å²) in [5.41, 5.74) is 4.61. The number of fused-ring (bicyclic) bond motifs is 1. The molecule has 1 fully saturated rings. The molecule has 1 aliphatic carbocycles. The van der Waals surface area contributed by atoms with Gasteiger partial charge in [0.15, 0.2) is 0 Å². The Morgan fingerprint density at radius 2 is 2.20 bits per heavy atom. The van der Waals surface area contributed by atoms with Crippen LogP contribution in [0.15, 0.2) is 42.2 Å². The first kappa shape index (κ1) is 12.1. The second-order valence-corrected chi connectivity index (χ2v) is 6.39. The van der Waals surface area contributed by atoms with E-state index in [-0.39, 0.29) is 0 Å². The number of hydrogen-bond acceptors (Lipinski definition) is 3. The molecule has 1 N–H and O–H groups in total. The number of rotatable bonds is 5. The highest BCUT2D eigenvalue weighted by atomic mass is 32.1. The van der Waals surface area contributed by atoms with Crippen molar-refractivity contribution < 1.29 is 0 Å². The van der Waals surface area contributed by atoms with E-state index < -0.39 is 0 Å². The SMILES string of the molecule is c1ccc2c(c1)c(CNC1CC1)cn2Cc1cncs1. The molecule has 2 heterocycles. The fourth-order valence-corrected chi connectivity index (χ4v) is 3.22. The molecular weight excluding hydrogens is 266 g/mol. The van der Waals surface area contributed by atoms with Crippen molar-refractivity contribution in [3.63, 3.8) is 0 Å². The van der Waals surface area contributed by atoms with Gasteiger partial charge in [-0.2, -0.15) is 0 Å². The van der Waals surface area contributed by atoms with Crippen molar-refractivity contribution in [3.05, 3.63) is 52.6 Å². The summed E-state index contributed by atoms with van der Waals surface area (Å²) in [5, 5.41) is 4.98. The van der Waals surface area contributed by atoms with E-state index in [9.17, 15) is 0 Å². The minimum absolute atomic E-state index is 0.749. The number of thiazole rings is 1. The molecule has 4 rings (SSSR count). The number of nitrogens with zero attached hydrogens (tertiary/aromatic N) is 2. The van der Waals surface area contributed by atoms with E-state index >= 15 is 0 Å². The first-order valence-electron chi connectivity index (χ1n) is 7.07. The van der Waals surface area contributed by atoms with Crippen LogP contribution in [-0.4, -0.2) is 15.6 Å². The van der Waals surface area contributed by atoms with Gasteiger partial charge in [-0.1, -0.05) is 18.2 Å². The number of aromatic nitrogens is 2. The van der Waals surface area contributed by atoms with Crippen molar-refractivity contribution in [3.8, 4) is 0 Å². The van der Waals surface area contributed by atoms with Crippen LogP contribution in [-0.2, 0) is 13.1 Å². The van der Waals surface area contributed by atoms with E-state index in [4.69, 9.17) is 0 Å². The maximum Gasteiger partial charge on any atom is 0.0794 e. The molecular formula is C16H17N3S. The van der Waals surface area contributed by atoms with E-state index in [0.717, 1.165) is 19.1 Å². The predicted octanol–water partition coefficient (Wildman–Crippen LogP) is 3.40. The molecule has 1 aromatic carbocycles. The Hall–Kier alpha value is -1.65. The summed E-state index contributed by atoms with van der Waals surface area (Å²) in [6.45, 7) is 1.88. The molecule has 0 radical (unpaired) electrons. The van der Waals surface area contributed by atoms with Crippen molar-refractivity contribution in [2.45, 2.75) is 32.0 Å². The molecule has 2 aromatic heterocycles. The second-order valence-electron chi connectivity index (χ2n) is 5.42. The molecule has 0 amide bonds. The van der Waals surface area contributed by atoms with Crippen LogP contribution in [0.2, 0.25) is 0 Å². The molecule has 0 spiro atoms. The van der Waals surface area contributed by atoms with E-state index in [1.807, 2.05) is 11.7 Å². The Labute approximate surface area is 122 Å². The van der Waals surface area contributed by atoms with Gasteiger partial charge in [0, 0.05) is 40.8 Å². The van der Waals surface area contributed by atoms with E-state index in [1.165, 1.54) is 34.2 Å². The molecule has 0 aliphatic heterocycles. The van der Waals surface area contributed by atoms with Gasteiger partial charge in [-0.05, 0) is 24.5 Å². The smallest absolute Gasteiger partial charge is 0.0794 e. The van der Waals surface area contributed by atoms with Crippen LogP contribution in [0.4, 0.5) is 0 Å². The van der Waals surface area contributed by atoms with Gasteiger partial charge in [-0.25, -0.2) is 0 Å². The van der Waals surface area contributed by atoms with Gasteiger partial charge in [0.2, 0.25) is 0 Å². The molecule has 1 aliphatic rings. The van der Waals surface area contributed by atoms with Gasteiger partial charge in [0.25, 0.3) is 0 Å². The maximum atomic E-state index is 4.17. The number of para-hydroxylation sites is 1. The highest BCUT2D eigenvalue weighted by Gasteiger charge is 2.20. The first-order valence-corrected chi connectivity index (χ1v) is 7.95. The zero-order valence-electron chi connectivity index (χ0n) is 11.2. The molecule has 0 saturated heterocycles. The fourth-order valence-electron chi connectivity index (χ4n) is 2.62. The summed E-state index contributed by atoms with van der Waals surface area (Å²) in [6.07, 6.45) is 6.92. The normalized spacial score (nSPS) is 15.0. The van der Waals surface area contributed by atoms with Gasteiger partial charge in [0.05, 0.1) is 12.1 Å². The molecule has 4 heteroatoms. The topological polar surface area (TPSA) is 29.9 Å². The van der Waals surface area contributed by atoms with Crippen molar-refractivity contribution in [1.82, 2.24) is 14.9 Å². The summed E-state index contributed by atoms with van der Waals surface area (Å²) in [5.74, 6) is 0. The third-order valence-corrected chi connectivity index (χ3v) is 4.60. The van der Waals surface area contributed by atoms with E-state index in [0.29, 0.717) is 0 Å². The minimum Gasteiger partial charge on any atom is -0.342 e. The van der Waals surface area contributed by atoms with Crippen molar-refractivity contribution in [2.24, 2.45) is 0 Å².